The van der Waals surface area contributed by atoms with Gasteiger partial charge in [-0.1, -0.05) is 24.3 Å². The second-order valence-corrected chi connectivity index (χ2v) is 5.00. The maximum atomic E-state index is 11.2. The molecule has 0 saturated carbocycles. The molecule has 20 heavy (non-hydrogen) atoms. The molecule has 0 aliphatic heterocycles. The van der Waals surface area contributed by atoms with Gasteiger partial charge in [-0.2, -0.15) is 0 Å². The smallest absolute Gasteiger partial charge is 0.284 e. The fourth-order valence-corrected chi connectivity index (χ4v) is 2.78. The molecule has 1 atom stereocenters. The van der Waals surface area contributed by atoms with Crippen molar-refractivity contribution in [1.82, 2.24) is 14.9 Å². The first-order valence-corrected chi connectivity index (χ1v) is 6.80. The first-order valence-electron chi connectivity index (χ1n) is 6.80. The summed E-state index contributed by atoms with van der Waals surface area (Å²) < 4.78 is 1.73. The molecule has 1 aliphatic carbocycles. The predicted octanol–water partition coefficient (Wildman–Crippen LogP) is 1.06. The maximum Gasteiger partial charge on any atom is 0.284 e. The summed E-state index contributed by atoms with van der Waals surface area (Å²) in [4.78, 5) is 15.0. The predicted molar refractivity (Wildman–Crippen MR) is 75.1 cm³/mol. The first kappa shape index (κ1) is 12.9. The van der Waals surface area contributed by atoms with Gasteiger partial charge in [0.05, 0.1) is 0 Å². The average Bonchev–Trinajstić information content (AvgIpc) is 3.06. The van der Waals surface area contributed by atoms with Crippen molar-refractivity contribution >= 4 is 5.91 Å². The van der Waals surface area contributed by atoms with E-state index in [4.69, 9.17) is 5.73 Å². The highest BCUT2D eigenvalue weighted by Crippen LogP contribution is 2.30. The Morgan fingerprint density at radius 1 is 1.50 bits per heavy atom. The second kappa shape index (κ2) is 5.46. The Morgan fingerprint density at radius 3 is 3.20 bits per heavy atom. The summed E-state index contributed by atoms with van der Waals surface area (Å²) in [6.45, 7) is 1.43. The van der Waals surface area contributed by atoms with Crippen LogP contribution in [0.1, 0.15) is 34.2 Å². The molecule has 103 valence electrons. The van der Waals surface area contributed by atoms with Gasteiger partial charge < -0.3 is 15.6 Å². The highest BCUT2D eigenvalue weighted by atomic mass is 16.1. The summed E-state index contributed by atoms with van der Waals surface area (Å²) in [5.74, 6) is -0.254. The quantitative estimate of drug-likeness (QED) is 0.852. The summed E-state index contributed by atoms with van der Waals surface area (Å²) in [6.07, 6.45) is 6.56. The Bertz CT molecular complexity index is 620. The lowest BCUT2D eigenvalue weighted by molar-refractivity contribution is 0.0986. The van der Waals surface area contributed by atoms with Crippen LogP contribution in [-0.4, -0.2) is 22.0 Å². The molecule has 1 aliphatic rings. The zero-order valence-corrected chi connectivity index (χ0v) is 11.2. The third-order valence-corrected chi connectivity index (χ3v) is 3.75. The number of carbonyl (C=O) groups is 1. The molecule has 0 bridgehead atoms. The largest absolute Gasteiger partial charge is 0.363 e. The molecule has 0 spiro atoms. The monoisotopic (exact) mass is 269 g/mol. The highest BCUT2D eigenvalue weighted by Gasteiger charge is 2.21. The van der Waals surface area contributed by atoms with Crippen molar-refractivity contribution in [3.63, 3.8) is 0 Å². The zero-order valence-electron chi connectivity index (χ0n) is 11.2. The molecule has 1 unspecified atom stereocenters. The van der Waals surface area contributed by atoms with Crippen LogP contribution < -0.4 is 11.1 Å². The van der Waals surface area contributed by atoms with Crippen molar-refractivity contribution in [1.29, 1.82) is 0 Å². The Kier molecular flexibility index (Phi) is 3.52. The van der Waals surface area contributed by atoms with E-state index in [0.717, 1.165) is 19.4 Å². The number of hydrogen-bond acceptors (Lipinski definition) is 3. The van der Waals surface area contributed by atoms with Crippen LogP contribution in [-0.2, 0) is 13.0 Å². The lowest BCUT2D eigenvalue weighted by Crippen LogP contribution is -2.26. The zero-order chi connectivity index (χ0) is 13.9. The number of nitrogens with two attached hydrogens (primary N) is 1. The van der Waals surface area contributed by atoms with E-state index in [1.165, 1.54) is 11.1 Å². The van der Waals surface area contributed by atoms with Gasteiger partial charge in [-0.3, -0.25) is 4.79 Å². The van der Waals surface area contributed by atoms with Gasteiger partial charge in [0.1, 0.15) is 6.20 Å². The molecular formula is C15H17N4O. The molecule has 0 saturated heterocycles. The Morgan fingerprint density at radius 2 is 2.35 bits per heavy atom. The number of nitrogens with zero attached hydrogens (tertiary/aromatic N) is 2. The Balaban J connectivity index is 1.59. The molecule has 5 heteroatoms. The third kappa shape index (κ3) is 2.44. The molecule has 1 amide bonds. The Hall–Kier alpha value is -2.14. The average molecular weight is 269 g/mol. The number of benzene rings is 1. The first-order chi connectivity index (χ1) is 9.75. The van der Waals surface area contributed by atoms with Crippen molar-refractivity contribution in [3.05, 3.63) is 53.6 Å². The van der Waals surface area contributed by atoms with Crippen LogP contribution in [0.5, 0.6) is 0 Å². The summed E-state index contributed by atoms with van der Waals surface area (Å²) in [7, 11) is 0. The number of rotatable bonds is 5. The van der Waals surface area contributed by atoms with Crippen LogP contribution in [0.3, 0.4) is 0 Å². The van der Waals surface area contributed by atoms with Gasteiger partial charge in [-0.15, -0.1) is 0 Å². The SMILES string of the molecule is NC(=O)c1n[c]cn1CCNC1CCc2ccccc21. The minimum atomic E-state index is -0.516. The lowest BCUT2D eigenvalue weighted by Gasteiger charge is -2.14. The van der Waals surface area contributed by atoms with Gasteiger partial charge in [0.25, 0.3) is 5.91 Å². The standard InChI is InChI=1S/C15H17N4O/c16-14(20)15-18-8-10-19(15)9-7-17-13-6-5-11-3-1-2-4-12(11)13/h1-4,10,13,17H,5-7,9H2,(H2,16,20). The summed E-state index contributed by atoms with van der Waals surface area (Å²) in [5.41, 5.74) is 8.07. The molecule has 3 rings (SSSR count). The number of hydrogen-bond donors (Lipinski definition) is 2. The molecule has 1 aromatic carbocycles. The van der Waals surface area contributed by atoms with E-state index in [1.807, 2.05) is 0 Å². The number of nitrogens with one attached hydrogen (secondary N) is 1. The van der Waals surface area contributed by atoms with Crippen molar-refractivity contribution < 1.29 is 4.79 Å². The molecule has 3 N–H and O–H groups in total. The molecule has 1 aromatic heterocycles. The summed E-state index contributed by atoms with van der Waals surface area (Å²) >= 11 is 0. The Labute approximate surface area is 117 Å². The van der Waals surface area contributed by atoms with E-state index >= 15 is 0 Å². The summed E-state index contributed by atoms with van der Waals surface area (Å²) in [6, 6.07) is 8.93. The van der Waals surface area contributed by atoms with E-state index in [1.54, 1.807) is 10.8 Å². The van der Waals surface area contributed by atoms with E-state index in [9.17, 15) is 4.79 Å². The van der Waals surface area contributed by atoms with Crippen molar-refractivity contribution in [2.24, 2.45) is 5.73 Å². The van der Waals surface area contributed by atoms with E-state index in [-0.39, 0.29) is 5.82 Å². The number of aromatic nitrogens is 2. The van der Waals surface area contributed by atoms with Crippen LogP contribution in [0, 0.1) is 6.20 Å². The van der Waals surface area contributed by atoms with Crippen LogP contribution in [0.15, 0.2) is 30.5 Å². The number of primary amides is 1. The van der Waals surface area contributed by atoms with Crippen LogP contribution in [0.2, 0.25) is 0 Å². The molecular weight excluding hydrogens is 252 g/mol. The number of aryl methyl sites for hydroxylation is 1. The minimum Gasteiger partial charge on any atom is -0.363 e. The maximum absolute atomic E-state index is 11.2. The van der Waals surface area contributed by atoms with Crippen molar-refractivity contribution in [2.75, 3.05) is 6.54 Å². The lowest BCUT2D eigenvalue weighted by atomic mass is 10.1. The normalized spacial score (nSPS) is 17.1. The molecule has 2 aromatic rings. The van der Waals surface area contributed by atoms with Gasteiger partial charge in [0, 0.05) is 25.3 Å². The topological polar surface area (TPSA) is 72.9 Å². The number of fused-ring (bicyclic) bond motifs is 1. The minimum absolute atomic E-state index is 0.263. The van der Waals surface area contributed by atoms with Crippen LogP contribution >= 0.6 is 0 Å². The second-order valence-electron chi connectivity index (χ2n) is 5.00. The summed E-state index contributed by atoms with van der Waals surface area (Å²) in [5, 5.41) is 3.53. The number of imidazole rings is 1. The van der Waals surface area contributed by atoms with E-state index < -0.39 is 5.91 Å². The third-order valence-electron chi connectivity index (χ3n) is 3.75. The molecule has 5 nitrogen and oxygen atoms in total. The van der Waals surface area contributed by atoms with Crippen molar-refractivity contribution in [2.45, 2.75) is 25.4 Å². The van der Waals surface area contributed by atoms with Gasteiger partial charge in [0.2, 0.25) is 0 Å². The van der Waals surface area contributed by atoms with Gasteiger partial charge >= 0.3 is 0 Å². The van der Waals surface area contributed by atoms with Gasteiger partial charge in [-0.05, 0) is 24.0 Å². The number of carbonyl (C=O) groups excluding carboxylic acids is 1. The van der Waals surface area contributed by atoms with Gasteiger partial charge in [-0.25, -0.2) is 4.98 Å². The van der Waals surface area contributed by atoms with Crippen molar-refractivity contribution in [3.8, 4) is 0 Å². The molecule has 0 fully saturated rings. The van der Waals surface area contributed by atoms with Gasteiger partial charge in [0.15, 0.2) is 5.82 Å². The van der Waals surface area contributed by atoms with Crippen LogP contribution in [0.4, 0.5) is 0 Å². The van der Waals surface area contributed by atoms with Crippen LogP contribution in [0.25, 0.3) is 0 Å². The van der Waals surface area contributed by atoms with E-state index in [2.05, 4.69) is 40.8 Å². The fraction of sp³-hybridized carbons (Fsp3) is 0.333. The van der Waals surface area contributed by atoms with E-state index in [0.29, 0.717) is 12.6 Å². The molecule has 1 radical (unpaired) electrons. The number of amides is 1. The molecule has 1 heterocycles. The highest BCUT2D eigenvalue weighted by molar-refractivity contribution is 5.89. The fourth-order valence-electron chi connectivity index (χ4n) is 2.78.